The number of rotatable bonds is 7. The molecular weight excluding hydrogens is 384 g/mol. The van der Waals surface area contributed by atoms with E-state index >= 15 is 0 Å². The summed E-state index contributed by atoms with van der Waals surface area (Å²) in [5, 5.41) is 1.98. The topological polar surface area (TPSA) is 38.0 Å². The predicted octanol–water partition coefficient (Wildman–Crippen LogP) is 6.37. The molecule has 4 heteroatoms. The van der Waals surface area contributed by atoms with Gasteiger partial charge in [-0.1, -0.05) is 32.0 Å². The average molecular weight is 415 g/mol. The maximum absolute atomic E-state index is 6.44. The van der Waals surface area contributed by atoms with Gasteiger partial charge in [-0.15, -0.1) is 0 Å². The molecule has 2 aliphatic rings. The van der Waals surface area contributed by atoms with Gasteiger partial charge in [-0.05, 0) is 43.2 Å². The van der Waals surface area contributed by atoms with E-state index in [9.17, 15) is 0 Å². The second kappa shape index (κ2) is 9.25. The molecule has 4 nitrogen and oxygen atoms in total. The van der Waals surface area contributed by atoms with Gasteiger partial charge in [-0.2, -0.15) is 0 Å². The third kappa shape index (κ3) is 4.02. The summed E-state index contributed by atoms with van der Waals surface area (Å²) in [7, 11) is 3.52. The number of hydrogen-bond donors (Lipinski definition) is 0. The van der Waals surface area contributed by atoms with Crippen LogP contribution < -0.4 is 15.0 Å². The smallest absolute Gasteiger partial charge is 0.137 e. The van der Waals surface area contributed by atoms with Crippen LogP contribution in [-0.4, -0.2) is 27.2 Å². The molecule has 1 heterocycles. The van der Waals surface area contributed by atoms with Crippen molar-refractivity contribution in [2.45, 2.75) is 26.7 Å². The summed E-state index contributed by atoms with van der Waals surface area (Å²) >= 11 is 0. The number of ether oxygens (including phenoxy) is 1. The number of para-hydroxylation sites is 1. The highest BCUT2D eigenvalue weighted by molar-refractivity contribution is 6.03. The number of methoxy groups -OCH3 is 1. The van der Waals surface area contributed by atoms with Crippen LogP contribution >= 0.6 is 0 Å². The minimum atomic E-state index is 0.825. The maximum atomic E-state index is 6.44. The Balaban J connectivity index is 2.04. The Morgan fingerprint density at radius 2 is 1.68 bits per heavy atom. The van der Waals surface area contributed by atoms with E-state index in [0.29, 0.717) is 0 Å². The minimum absolute atomic E-state index is 0.825. The van der Waals surface area contributed by atoms with Gasteiger partial charge in [0.05, 0.1) is 12.5 Å². The van der Waals surface area contributed by atoms with Gasteiger partial charge in [-0.3, -0.25) is 4.99 Å². The zero-order chi connectivity index (χ0) is 21.8. The standard InChI is InChI=1S/C27H30N2O2/c1-5-15-29(16-6-2)20-12-14-23-26(18-20)31-25-17-19(28-3)11-13-22(25)27(23)21-9-7-8-10-24(21)30-4/h7-14,17-18H,5-6,15-16H2,1-4H3. The molecule has 2 aromatic rings. The van der Waals surface area contributed by atoms with Crippen molar-refractivity contribution in [3.63, 3.8) is 0 Å². The van der Waals surface area contributed by atoms with Crippen LogP contribution in [0.25, 0.3) is 33.4 Å². The molecule has 0 amide bonds. The third-order valence-electron chi connectivity index (χ3n) is 5.68. The largest absolute Gasteiger partial charge is 0.496 e. The Morgan fingerprint density at radius 1 is 0.903 bits per heavy atom. The van der Waals surface area contributed by atoms with Gasteiger partial charge in [-0.25, -0.2) is 0 Å². The first-order chi connectivity index (χ1) is 15.2. The fourth-order valence-electron chi connectivity index (χ4n) is 4.25. The number of hydrogen-bond acceptors (Lipinski definition) is 4. The van der Waals surface area contributed by atoms with Gasteiger partial charge in [0.1, 0.15) is 17.1 Å². The molecule has 4 rings (SSSR count). The SMILES string of the molecule is CCCN(CCC)c1ccc2c(-c3ccccc3OC)c3ccc(=NC)cc-3oc2c1. The number of benzene rings is 3. The fraction of sp³-hybridized carbons (Fsp3) is 0.296. The van der Waals surface area contributed by atoms with Crippen molar-refractivity contribution in [2.75, 3.05) is 32.1 Å². The van der Waals surface area contributed by atoms with E-state index in [1.54, 1.807) is 14.2 Å². The van der Waals surface area contributed by atoms with Crippen LogP contribution in [0, 0.1) is 0 Å². The van der Waals surface area contributed by atoms with Crippen LogP contribution in [0.4, 0.5) is 5.69 Å². The van der Waals surface area contributed by atoms with Crippen molar-refractivity contribution < 1.29 is 9.15 Å². The Bertz CT molecular complexity index is 1220. The lowest BCUT2D eigenvalue weighted by molar-refractivity contribution is 0.416. The van der Waals surface area contributed by atoms with E-state index in [0.717, 1.165) is 70.5 Å². The van der Waals surface area contributed by atoms with Crippen LogP contribution in [0.5, 0.6) is 5.75 Å². The average Bonchev–Trinajstić information content (AvgIpc) is 2.81. The summed E-state index contributed by atoms with van der Waals surface area (Å²) in [5.74, 6) is 1.68. The molecule has 1 aliphatic heterocycles. The van der Waals surface area contributed by atoms with Crippen molar-refractivity contribution >= 4 is 16.7 Å². The fourth-order valence-corrected chi connectivity index (χ4v) is 4.25. The van der Waals surface area contributed by atoms with Gasteiger partial charge < -0.3 is 14.1 Å². The molecule has 0 radical (unpaired) electrons. The Kier molecular flexibility index (Phi) is 6.26. The van der Waals surface area contributed by atoms with Gasteiger partial charge in [0, 0.05) is 60.0 Å². The molecule has 0 bridgehead atoms. The van der Waals surface area contributed by atoms with Crippen molar-refractivity contribution in [1.29, 1.82) is 0 Å². The summed E-state index contributed by atoms with van der Waals surface area (Å²) in [6, 6.07) is 20.9. The van der Waals surface area contributed by atoms with Crippen molar-refractivity contribution in [3.8, 4) is 28.2 Å². The number of nitrogens with zero attached hydrogens (tertiary/aromatic N) is 2. The molecule has 0 saturated carbocycles. The van der Waals surface area contributed by atoms with E-state index in [2.05, 4.69) is 54.1 Å². The van der Waals surface area contributed by atoms with Crippen LogP contribution in [0.1, 0.15) is 26.7 Å². The number of fused-ring (bicyclic) bond motifs is 2. The number of anilines is 1. The molecule has 0 atom stereocenters. The molecule has 31 heavy (non-hydrogen) atoms. The van der Waals surface area contributed by atoms with Crippen LogP contribution in [0.2, 0.25) is 0 Å². The van der Waals surface area contributed by atoms with E-state index < -0.39 is 0 Å². The highest BCUT2D eigenvalue weighted by Crippen LogP contribution is 2.43. The summed E-state index contributed by atoms with van der Waals surface area (Å²) < 4.78 is 12.2. The van der Waals surface area contributed by atoms with Crippen LogP contribution in [0.3, 0.4) is 0 Å². The second-order valence-corrected chi connectivity index (χ2v) is 7.75. The van der Waals surface area contributed by atoms with Gasteiger partial charge in [0.2, 0.25) is 0 Å². The highest BCUT2D eigenvalue weighted by atomic mass is 16.5. The molecule has 0 unspecified atom stereocenters. The molecule has 0 N–H and O–H groups in total. The van der Waals surface area contributed by atoms with Crippen molar-refractivity contribution in [2.24, 2.45) is 4.99 Å². The van der Waals surface area contributed by atoms with E-state index in [1.807, 2.05) is 30.3 Å². The van der Waals surface area contributed by atoms with E-state index in [-0.39, 0.29) is 0 Å². The predicted molar refractivity (Wildman–Crippen MR) is 129 cm³/mol. The Labute approximate surface area is 184 Å². The van der Waals surface area contributed by atoms with Crippen molar-refractivity contribution in [3.05, 3.63) is 66.0 Å². The summed E-state index contributed by atoms with van der Waals surface area (Å²) in [5.41, 5.74) is 5.30. The lowest BCUT2D eigenvalue weighted by atomic mass is 9.93. The zero-order valence-electron chi connectivity index (χ0n) is 18.8. The van der Waals surface area contributed by atoms with Gasteiger partial charge in [0.15, 0.2) is 0 Å². The van der Waals surface area contributed by atoms with Gasteiger partial charge in [0.25, 0.3) is 0 Å². The Hall–Kier alpha value is -3.27. The molecular formula is C27H30N2O2. The first-order valence-electron chi connectivity index (χ1n) is 11.0. The zero-order valence-corrected chi connectivity index (χ0v) is 18.8. The Morgan fingerprint density at radius 3 is 2.39 bits per heavy atom. The second-order valence-electron chi connectivity index (χ2n) is 7.75. The quantitative estimate of drug-likeness (QED) is 0.330. The molecule has 0 fully saturated rings. The lowest BCUT2D eigenvalue weighted by Gasteiger charge is -2.24. The normalized spacial score (nSPS) is 11.9. The maximum Gasteiger partial charge on any atom is 0.137 e. The van der Waals surface area contributed by atoms with Gasteiger partial charge >= 0.3 is 0 Å². The molecule has 2 aromatic carbocycles. The summed E-state index contributed by atoms with van der Waals surface area (Å²) in [4.78, 5) is 6.77. The summed E-state index contributed by atoms with van der Waals surface area (Å²) in [6.07, 6.45) is 2.22. The molecule has 0 spiro atoms. The summed E-state index contributed by atoms with van der Waals surface area (Å²) in [6.45, 7) is 6.50. The first-order valence-corrected chi connectivity index (χ1v) is 11.0. The molecule has 160 valence electrons. The first kappa shape index (κ1) is 21.0. The van der Waals surface area contributed by atoms with Crippen LogP contribution in [-0.2, 0) is 0 Å². The van der Waals surface area contributed by atoms with Crippen molar-refractivity contribution in [1.82, 2.24) is 0 Å². The lowest BCUT2D eigenvalue weighted by Crippen LogP contribution is -2.24. The monoisotopic (exact) mass is 414 g/mol. The van der Waals surface area contributed by atoms with E-state index in [4.69, 9.17) is 9.15 Å². The van der Waals surface area contributed by atoms with Crippen LogP contribution in [0.15, 0.2) is 70.1 Å². The molecule has 0 aromatic heterocycles. The molecule has 0 saturated heterocycles. The highest BCUT2D eigenvalue weighted by Gasteiger charge is 2.20. The third-order valence-corrected chi connectivity index (χ3v) is 5.68. The van der Waals surface area contributed by atoms with E-state index in [1.165, 1.54) is 5.69 Å². The molecule has 1 aliphatic carbocycles. The minimum Gasteiger partial charge on any atom is -0.496 e.